The molecule has 0 N–H and O–H groups in total. The maximum Gasteiger partial charge on any atom is 0.200 e. The van der Waals surface area contributed by atoms with Crippen LogP contribution in [0.4, 0.5) is 0 Å². The number of hydrogen-bond donors (Lipinski definition) is 0. The Balaban J connectivity index is 2.04. The number of benzene rings is 1. The minimum absolute atomic E-state index is 0.140. The summed E-state index contributed by atoms with van der Waals surface area (Å²) in [5.74, 6) is -1.29. The highest BCUT2D eigenvalue weighted by Crippen LogP contribution is 2.31. The molecule has 98 valence electrons. The van der Waals surface area contributed by atoms with E-state index in [4.69, 9.17) is 11.6 Å². The van der Waals surface area contributed by atoms with Crippen LogP contribution in [0.3, 0.4) is 0 Å². The van der Waals surface area contributed by atoms with Gasteiger partial charge < -0.3 is 0 Å². The Morgan fingerprint density at radius 2 is 2.20 bits per heavy atom. The van der Waals surface area contributed by atoms with Gasteiger partial charge in [0.25, 0.3) is 0 Å². The van der Waals surface area contributed by atoms with Crippen molar-refractivity contribution in [3.8, 4) is 6.07 Å². The minimum atomic E-state index is -0.939. The van der Waals surface area contributed by atoms with E-state index in [1.165, 1.54) is 16.8 Å². The van der Waals surface area contributed by atoms with E-state index in [1.807, 2.05) is 30.3 Å². The van der Waals surface area contributed by atoms with Crippen LogP contribution < -0.4 is 0 Å². The van der Waals surface area contributed by atoms with Crippen LogP contribution in [0.5, 0.6) is 0 Å². The first-order valence-corrected chi connectivity index (χ1v) is 7.66. The van der Waals surface area contributed by atoms with Gasteiger partial charge in [0.1, 0.15) is 9.88 Å². The lowest BCUT2D eigenvalue weighted by Crippen LogP contribution is -2.10. The molecule has 0 aliphatic carbocycles. The van der Waals surface area contributed by atoms with Crippen molar-refractivity contribution >= 4 is 50.3 Å². The molecule has 0 saturated heterocycles. The summed E-state index contributed by atoms with van der Waals surface area (Å²) in [6, 6.07) is 9.55. The predicted molar refractivity (Wildman–Crippen MR) is 79.4 cm³/mol. The summed E-state index contributed by atoms with van der Waals surface area (Å²) in [6.07, 6.45) is 0. The molecule has 0 bridgehead atoms. The smallest absolute Gasteiger partial charge is 0.200 e. The van der Waals surface area contributed by atoms with Crippen molar-refractivity contribution < 1.29 is 4.79 Å². The highest BCUT2D eigenvalue weighted by Gasteiger charge is 2.28. The van der Waals surface area contributed by atoms with Gasteiger partial charge in [0, 0.05) is 0 Å². The normalized spacial score (nSPS) is 12.2. The fourth-order valence-electron chi connectivity index (χ4n) is 1.76. The van der Waals surface area contributed by atoms with Gasteiger partial charge in [-0.05, 0) is 12.1 Å². The molecule has 0 amide bonds. The molecular formula is C13H6ClN3OS2. The number of carbonyl (C=O) groups excluding carboxylic acids is 1. The summed E-state index contributed by atoms with van der Waals surface area (Å²) >= 11 is 8.34. The van der Waals surface area contributed by atoms with Gasteiger partial charge in [0.05, 0.1) is 21.8 Å². The maximum absolute atomic E-state index is 12.4. The third kappa shape index (κ3) is 2.20. The SMILES string of the molecule is N#C[C@@H](C(=O)c1scnc1Cl)c1nc2ccccc2s1. The standard InChI is InChI=1S/C13H6ClN3OS2/c14-12-11(19-6-16-12)10(18)7(5-15)13-17-8-3-1-2-4-9(8)20-13/h1-4,6-7H/t7-/m0/s1. The quantitative estimate of drug-likeness (QED) is 0.687. The zero-order valence-corrected chi connectivity index (χ0v) is 12.3. The van der Waals surface area contributed by atoms with Crippen molar-refractivity contribution in [3.05, 3.63) is 44.8 Å². The number of hydrogen-bond acceptors (Lipinski definition) is 6. The highest BCUT2D eigenvalue weighted by molar-refractivity contribution is 7.19. The fourth-order valence-corrected chi connectivity index (χ4v) is 3.76. The second kappa shape index (κ2) is 5.29. The lowest BCUT2D eigenvalue weighted by Gasteiger charge is -2.02. The number of rotatable bonds is 3. The van der Waals surface area contributed by atoms with Crippen LogP contribution in [0.15, 0.2) is 29.8 Å². The number of Topliss-reactive ketones (excluding diaryl/α,β-unsaturated/α-hetero) is 1. The van der Waals surface area contributed by atoms with E-state index in [2.05, 4.69) is 9.97 Å². The Bertz CT molecular complexity index is 800. The highest BCUT2D eigenvalue weighted by atomic mass is 35.5. The first-order chi connectivity index (χ1) is 9.70. The lowest BCUT2D eigenvalue weighted by atomic mass is 10.1. The van der Waals surface area contributed by atoms with Gasteiger partial charge in [-0.2, -0.15) is 5.26 Å². The Hall–Kier alpha value is -1.81. The molecule has 0 spiro atoms. The van der Waals surface area contributed by atoms with Crippen LogP contribution in [-0.4, -0.2) is 15.8 Å². The van der Waals surface area contributed by atoms with Crippen LogP contribution >= 0.6 is 34.3 Å². The summed E-state index contributed by atoms with van der Waals surface area (Å²) in [7, 11) is 0. The molecule has 0 unspecified atom stereocenters. The third-order valence-electron chi connectivity index (χ3n) is 2.70. The van der Waals surface area contributed by atoms with Crippen molar-refractivity contribution in [1.29, 1.82) is 5.26 Å². The summed E-state index contributed by atoms with van der Waals surface area (Å²) in [6.45, 7) is 0. The first-order valence-electron chi connectivity index (χ1n) is 5.59. The molecule has 3 aromatic rings. The van der Waals surface area contributed by atoms with Crippen LogP contribution in [0.1, 0.15) is 20.6 Å². The number of carbonyl (C=O) groups is 1. The van der Waals surface area contributed by atoms with E-state index in [-0.39, 0.29) is 10.9 Å². The number of thiazole rings is 2. The molecule has 7 heteroatoms. The van der Waals surface area contributed by atoms with Crippen LogP contribution in [0.2, 0.25) is 5.15 Å². The van der Waals surface area contributed by atoms with Gasteiger partial charge >= 0.3 is 0 Å². The van der Waals surface area contributed by atoms with Crippen molar-refractivity contribution in [3.63, 3.8) is 0 Å². The first kappa shape index (κ1) is 13.2. The molecule has 0 aliphatic rings. The van der Waals surface area contributed by atoms with Gasteiger partial charge in [0.2, 0.25) is 0 Å². The number of nitriles is 1. The van der Waals surface area contributed by atoms with E-state index < -0.39 is 5.92 Å². The van der Waals surface area contributed by atoms with Gasteiger partial charge in [-0.15, -0.1) is 22.7 Å². The largest absolute Gasteiger partial charge is 0.291 e. The van der Waals surface area contributed by atoms with E-state index in [1.54, 1.807) is 0 Å². The van der Waals surface area contributed by atoms with Gasteiger partial charge in [-0.1, -0.05) is 23.7 Å². The topological polar surface area (TPSA) is 66.6 Å². The second-order valence-electron chi connectivity index (χ2n) is 3.92. The number of nitrogens with zero attached hydrogens (tertiary/aromatic N) is 3. The molecule has 2 heterocycles. The van der Waals surface area contributed by atoms with E-state index >= 15 is 0 Å². The second-order valence-corrected chi connectivity index (χ2v) is 6.19. The van der Waals surface area contributed by atoms with Crippen molar-refractivity contribution in [2.75, 3.05) is 0 Å². The summed E-state index contributed by atoms with van der Waals surface area (Å²) in [5.41, 5.74) is 2.28. The van der Waals surface area contributed by atoms with E-state index in [0.29, 0.717) is 9.88 Å². The lowest BCUT2D eigenvalue weighted by molar-refractivity contribution is 0.0982. The Morgan fingerprint density at radius 3 is 2.85 bits per heavy atom. The molecule has 0 saturated carbocycles. The van der Waals surface area contributed by atoms with Crippen LogP contribution in [0, 0.1) is 11.3 Å². The molecule has 1 aromatic carbocycles. The molecule has 1 atom stereocenters. The zero-order valence-electron chi connectivity index (χ0n) is 9.91. The van der Waals surface area contributed by atoms with Crippen molar-refractivity contribution in [1.82, 2.24) is 9.97 Å². The minimum Gasteiger partial charge on any atom is -0.291 e. The molecule has 2 aromatic heterocycles. The fraction of sp³-hybridized carbons (Fsp3) is 0.0769. The van der Waals surface area contributed by atoms with Gasteiger partial charge in [-0.3, -0.25) is 4.79 Å². The molecule has 20 heavy (non-hydrogen) atoms. The molecule has 4 nitrogen and oxygen atoms in total. The monoisotopic (exact) mass is 319 g/mol. The van der Waals surface area contributed by atoms with Crippen LogP contribution in [-0.2, 0) is 0 Å². The van der Waals surface area contributed by atoms with Crippen molar-refractivity contribution in [2.45, 2.75) is 5.92 Å². The summed E-state index contributed by atoms with van der Waals surface area (Å²) in [5, 5.41) is 9.93. The average Bonchev–Trinajstić information content (AvgIpc) is 3.05. The molecular weight excluding hydrogens is 314 g/mol. The average molecular weight is 320 g/mol. The molecule has 0 aliphatic heterocycles. The van der Waals surface area contributed by atoms with E-state index in [9.17, 15) is 10.1 Å². The van der Waals surface area contributed by atoms with Gasteiger partial charge in [0.15, 0.2) is 16.9 Å². The predicted octanol–water partition coefficient (Wildman–Crippen LogP) is 3.90. The third-order valence-corrected chi connectivity index (χ3v) is 5.04. The van der Waals surface area contributed by atoms with E-state index in [0.717, 1.165) is 21.6 Å². The Kier molecular flexibility index (Phi) is 3.49. The van der Waals surface area contributed by atoms with Crippen molar-refractivity contribution in [2.24, 2.45) is 0 Å². The summed E-state index contributed by atoms with van der Waals surface area (Å²) in [4.78, 5) is 20.9. The number of ketones is 1. The number of halogens is 1. The molecule has 0 fully saturated rings. The molecule has 3 rings (SSSR count). The van der Waals surface area contributed by atoms with Crippen LogP contribution in [0.25, 0.3) is 10.2 Å². The number of fused-ring (bicyclic) bond motifs is 1. The Labute approximate surface area is 127 Å². The maximum atomic E-state index is 12.4. The molecule has 0 radical (unpaired) electrons. The Morgan fingerprint density at radius 1 is 1.40 bits per heavy atom. The summed E-state index contributed by atoms with van der Waals surface area (Å²) < 4.78 is 0.950. The number of para-hydroxylation sites is 1. The zero-order chi connectivity index (χ0) is 14.1. The number of aromatic nitrogens is 2. The van der Waals surface area contributed by atoms with Gasteiger partial charge in [-0.25, -0.2) is 9.97 Å².